The van der Waals surface area contributed by atoms with Crippen LogP contribution in [0.4, 0.5) is 20.3 Å². The molecule has 0 spiro atoms. The standard InChI is InChI=1S/C21H33F2N3O2/c1-5-28-19(27)10-15(4)16-11-18(24)20(25-12-16)26(13-14(2)3)17-6-8-21(22,23)9-7-17/h11-12,14-15,17H,5-10,13,24H2,1-4H3/t15-/m1/s1. The first kappa shape index (κ1) is 22.4. The van der Waals surface area contributed by atoms with E-state index in [0.29, 0.717) is 43.4 Å². The molecule has 1 aromatic heterocycles. The zero-order valence-electron chi connectivity index (χ0n) is 17.4. The first-order chi connectivity index (χ1) is 13.1. The van der Waals surface area contributed by atoms with Gasteiger partial charge in [-0.25, -0.2) is 13.8 Å². The highest BCUT2D eigenvalue weighted by atomic mass is 19.3. The van der Waals surface area contributed by atoms with Crippen molar-refractivity contribution in [2.45, 2.75) is 77.7 Å². The third-order valence-electron chi connectivity index (χ3n) is 5.22. The van der Waals surface area contributed by atoms with Crippen LogP contribution >= 0.6 is 0 Å². The topological polar surface area (TPSA) is 68.5 Å². The second-order valence-electron chi connectivity index (χ2n) is 8.23. The van der Waals surface area contributed by atoms with Crippen LogP contribution in [0.25, 0.3) is 0 Å². The summed E-state index contributed by atoms with van der Waals surface area (Å²) in [6.45, 7) is 8.97. The number of hydrogen-bond donors (Lipinski definition) is 1. The van der Waals surface area contributed by atoms with Crippen LogP contribution in [0.5, 0.6) is 0 Å². The molecule has 5 nitrogen and oxygen atoms in total. The molecular weight excluding hydrogens is 364 g/mol. The Morgan fingerprint density at radius 3 is 2.54 bits per heavy atom. The van der Waals surface area contributed by atoms with Gasteiger partial charge in [-0.3, -0.25) is 4.79 Å². The highest BCUT2D eigenvalue weighted by molar-refractivity contribution is 5.71. The van der Waals surface area contributed by atoms with Crippen molar-refractivity contribution in [1.29, 1.82) is 0 Å². The summed E-state index contributed by atoms with van der Waals surface area (Å²) < 4.78 is 32.2. The van der Waals surface area contributed by atoms with Crippen molar-refractivity contribution < 1.29 is 18.3 Å². The lowest BCUT2D eigenvalue weighted by Crippen LogP contribution is -2.43. The van der Waals surface area contributed by atoms with E-state index in [-0.39, 0.29) is 37.2 Å². The summed E-state index contributed by atoms with van der Waals surface area (Å²) in [5.74, 6) is -1.87. The number of pyridine rings is 1. The van der Waals surface area contributed by atoms with Crippen LogP contribution < -0.4 is 10.6 Å². The zero-order valence-corrected chi connectivity index (χ0v) is 17.4. The molecule has 1 aromatic rings. The van der Waals surface area contributed by atoms with E-state index in [0.717, 1.165) is 5.56 Å². The zero-order chi connectivity index (χ0) is 20.9. The highest BCUT2D eigenvalue weighted by Crippen LogP contribution is 2.38. The molecule has 1 aliphatic carbocycles. The molecule has 2 rings (SSSR count). The maximum Gasteiger partial charge on any atom is 0.306 e. The number of rotatable bonds is 8. The Morgan fingerprint density at radius 1 is 1.36 bits per heavy atom. The van der Waals surface area contributed by atoms with Crippen molar-refractivity contribution in [2.24, 2.45) is 5.92 Å². The quantitative estimate of drug-likeness (QED) is 0.641. The van der Waals surface area contributed by atoms with Crippen molar-refractivity contribution >= 4 is 17.5 Å². The van der Waals surface area contributed by atoms with Gasteiger partial charge in [-0.1, -0.05) is 20.8 Å². The van der Waals surface area contributed by atoms with E-state index in [4.69, 9.17) is 10.5 Å². The van der Waals surface area contributed by atoms with Gasteiger partial charge in [0.1, 0.15) is 0 Å². The predicted molar refractivity (Wildman–Crippen MR) is 108 cm³/mol. The van der Waals surface area contributed by atoms with E-state index >= 15 is 0 Å². The van der Waals surface area contributed by atoms with Gasteiger partial charge in [0.2, 0.25) is 5.92 Å². The summed E-state index contributed by atoms with van der Waals surface area (Å²) >= 11 is 0. The Balaban J connectivity index is 2.18. The molecule has 0 aromatic carbocycles. The Hall–Kier alpha value is -1.92. The molecular formula is C21H33F2N3O2. The van der Waals surface area contributed by atoms with Crippen LogP contribution in [0.2, 0.25) is 0 Å². The average molecular weight is 398 g/mol. The lowest BCUT2D eigenvalue weighted by molar-refractivity contribution is -0.143. The Morgan fingerprint density at radius 2 is 2.00 bits per heavy atom. The Bertz CT molecular complexity index is 657. The number of aromatic nitrogens is 1. The summed E-state index contributed by atoms with van der Waals surface area (Å²) in [7, 11) is 0. The van der Waals surface area contributed by atoms with Crippen LogP contribution in [-0.2, 0) is 9.53 Å². The van der Waals surface area contributed by atoms with Gasteiger partial charge in [0, 0.05) is 31.6 Å². The molecule has 1 atom stereocenters. The van der Waals surface area contributed by atoms with Crippen molar-refractivity contribution in [3.05, 3.63) is 17.8 Å². The third-order valence-corrected chi connectivity index (χ3v) is 5.22. The molecule has 0 unspecified atom stereocenters. The van der Waals surface area contributed by atoms with E-state index in [1.807, 2.05) is 13.0 Å². The first-order valence-corrected chi connectivity index (χ1v) is 10.2. The number of nitrogens with two attached hydrogens (primary N) is 1. The normalized spacial score (nSPS) is 18.1. The number of alkyl halides is 2. The van der Waals surface area contributed by atoms with Gasteiger partial charge >= 0.3 is 5.97 Å². The number of anilines is 2. The summed E-state index contributed by atoms with van der Waals surface area (Å²) in [5.41, 5.74) is 7.71. The van der Waals surface area contributed by atoms with E-state index in [2.05, 4.69) is 23.7 Å². The van der Waals surface area contributed by atoms with Crippen LogP contribution in [0.15, 0.2) is 12.3 Å². The highest BCUT2D eigenvalue weighted by Gasteiger charge is 2.37. The molecule has 1 fully saturated rings. The number of nitrogens with zero attached hydrogens (tertiary/aromatic N) is 2. The number of carbonyl (C=O) groups excluding carboxylic acids is 1. The lowest BCUT2D eigenvalue weighted by Gasteiger charge is -2.39. The SMILES string of the molecule is CCOC(=O)C[C@@H](C)c1cnc(N(CC(C)C)C2CCC(F)(F)CC2)c(N)c1. The predicted octanol–water partition coefficient (Wildman–Crippen LogP) is 4.76. The number of halogens is 2. The van der Waals surface area contributed by atoms with E-state index in [1.54, 1.807) is 13.1 Å². The molecule has 0 amide bonds. The molecule has 1 heterocycles. The fourth-order valence-electron chi connectivity index (χ4n) is 3.73. The number of esters is 1. The van der Waals surface area contributed by atoms with Crippen LogP contribution in [0, 0.1) is 5.92 Å². The smallest absolute Gasteiger partial charge is 0.306 e. The molecule has 7 heteroatoms. The molecule has 0 aliphatic heterocycles. The van der Waals surface area contributed by atoms with Gasteiger partial charge in [0.15, 0.2) is 5.82 Å². The lowest BCUT2D eigenvalue weighted by atomic mass is 9.90. The number of nitrogen functional groups attached to an aromatic ring is 1. The molecule has 0 radical (unpaired) electrons. The van der Waals surface area contributed by atoms with Gasteiger partial charge < -0.3 is 15.4 Å². The van der Waals surface area contributed by atoms with E-state index < -0.39 is 5.92 Å². The maximum absolute atomic E-state index is 13.6. The van der Waals surface area contributed by atoms with Crippen LogP contribution in [0.3, 0.4) is 0 Å². The van der Waals surface area contributed by atoms with Crippen molar-refractivity contribution in [3.8, 4) is 0 Å². The number of ether oxygens (including phenoxy) is 1. The minimum atomic E-state index is -2.56. The summed E-state index contributed by atoms with van der Waals surface area (Å²) in [6.07, 6.45) is 2.67. The largest absolute Gasteiger partial charge is 0.466 e. The second-order valence-corrected chi connectivity index (χ2v) is 8.23. The van der Waals surface area contributed by atoms with Gasteiger partial charge in [-0.2, -0.15) is 0 Å². The Labute approximate surface area is 166 Å². The van der Waals surface area contributed by atoms with Crippen molar-refractivity contribution in [2.75, 3.05) is 23.8 Å². The molecule has 158 valence electrons. The molecule has 1 aliphatic rings. The van der Waals surface area contributed by atoms with Crippen molar-refractivity contribution in [1.82, 2.24) is 4.98 Å². The Kier molecular flexibility index (Phi) is 7.61. The van der Waals surface area contributed by atoms with Crippen LogP contribution in [0.1, 0.15) is 71.3 Å². The van der Waals surface area contributed by atoms with E-state index in [9.17, 15) is 13.6 Å². The number of carbonyl (C=O) groups is 1. The molecule has 0 bridgehead atoms. The van der Waals surface area contributed by atoms with Crippen molar-refractivity contribution in [3.63, 3.8) is 0 Å². The molecule has 28 heavy (non-hydrogen) atoms. The van der Waals surface area contributed by atoms with Gasteiger partial charge in [0.25, 0.3) is 0 Å². The number of hydrogen-bond acceptors (Lipinski definition) is 5. The fraction of sp³-hybridized carbons (Fsp3) is 0.714. The fourth-order valence-corrected chi connectivity index (χ4v) is 3.73. The molecule has 0 saturated heterocycles. The molecule has 1 saturated carbocycles. The monoisotopic (exact) mass is 397 g/mol. The third kappa shape index (κ3) is 6.04. The summed E-state index contributed by atoms with van der Waals surface area (Å²) in [6, 6.07) is 1.86. The average Bonchev–Trinajstić information content (AvgIpc) is 2.60. The summed E-state index contributed by atoms with van der Waals surface area (Å²) in [5, 5.41) is 0. The van der Waals surface area contributed by atoms with Gasteiger partial charge in [-0.15, -0.1) is 0 Å². The first-order valence-electron chi connectivity index (χ1n) is 10.2. The second kappa shape index (κ2) is 9.52. The van der Waals surface area contributed by atoms with E-state index in [1.165, 1.54) is 0 Å². The summed E-state index contributed by atoms with van der Waals surface area (Å²) in [4.78, 5) is 18.4. The molecule has 2 N–H and O–H groups in total. The van der Waals surface area contributed by atoms with Crippen LogP contribution in [-0.4, -0.2) is 36.1 Å². The van der Waals surface area contributed by atoms with Gasteiger partial charge in [-0.05, 0) is 43.2 Å². The minimum Gasteiger partial charge on any atom is -0.466 e. The minimum absolute atomic E-state index is 0.0135. The maximum atomic E-state index is 13.6. The van der Waals surface area contributed by atoms with Gasteiger partial charge in [0.05, 0.1) is 18.7 Å².